The van der Waals surface area contributed by atoms with E-state index in [1.54, 1.807) is 0 Å². The highest BCUT2D eigenvalue weighted by atomic mass is 15.2. The Kier molecular flexibility index (Phi) is 7.17. The Morgan fingerprint density at radius 3 is 2.39 bits per heavy atom. The topological polar surface area (TPSA) is 15.3 Å². The van der Waals surface area contributed by atoms with Crippen molar-refractivity contribution in [2.24, 2.45) is 0 Å². The number of nitrogens with zero attached hydrogens (tertiary/aromatic N) is 1. The molecule has 0 saturated heterocycles. The second kappa shape index (κ2) is 8.74. The average molecular weight is 244 g/mol. The van der Waals surface area contributed by atoms with E-state index >= 15 is 0 Å². The van der Waals surface area contributed by atoms with Crippen molar-refractivity contribution in [3.05, 3.63) is 35.9 Å². The van der Waals surface area contributed by atoms with Crippen LogP contribution in [0.5, 0.6) is 0 Å². The molecule has 0 bridgehead atoms. The molecule has 0 heterocycles. The van der Waals surface area contributed by atoms with E-state index in [1.165, 1.54) is 5.56 Å². The number of likely N-dealkylation sites (N-methyl/N-ethyl adjacent to an activating group) is 1. The van der Waals surface area contributed by atoms with Crippen molar-refractivity contribution in [3.63, 3.8) is 0 Å². The minimum absolute atomic E-state index is 0.430. The predicted molar refractivity (Wildman–Crippen MR) is 78.4 cm³/mol. The van der Waals surface area contributed by atoms with Gasteiger partial charge in [0.15, 0.2) is 0 Å². The molecule has 0 amide bonds. The van der Waals surface area contributed by atoms with Crippen LogP contribution in [0.4, 0.5) is 0 Å². The number of benzene rings is 1. The largest absolute Gasteiger partial charge is 0.304 e. The Hall–Kier alpha value is -1.30. The van der Waals surface area contributed by atoms with E-state index in [-0.39, 0.29) is 0 Å². The summed E-state index contributed by atoms with van der Waals surface area (Å²) >= 11 is 0. The fourth-order valence-electron chi connectivity index (χ4n) is 2.16. The maximum Gasteiger partial charge on any atom is 0.0577 e. The van der Waals surface area contributed by atoms with Crippen molar-refractivity contribution in [2.75, 3.05) is 26.2 Å². The van der Waals surface area contributed by atoms with E-state index in [0.717, 1.165) is 26.2 Å². The van der Waals surface area contributed by atoms with Crippen molar-refractivity contribution in [2.45, 2.75) is 26.8 Å². The second-order valence-corrected chi connectivity index (χ2v) is 4.21. The van der Waals surface area contributed by atoms with Crippen LogP contribution in [0.25, 0.3) is 0 Å². The third-order valence-electron chi connectivity index (χ3n) is 3.17. The van der Waals surface area contributed by atoms with E-state index in [4.69, 9.17) is 0 Å². The Morgan fingerprint density at radius 1 is 1.17 bits per heavy atom. The van der Waals surface area contributed by atoms with Gasteiger partial charge in [-0.25, -0.2) is 0 Å². The summed E-state index contributed by atoms with van der Waals surface area (Å²) in [6.07, 6.45) is 0. The van der Waals surface area contributed by atoms with Crippen LogP contribution in [0.15, 0.2) is 30.3 Å². The molecule has 2 heteroatoms. The molecule has 0 aliphatic carbocycles. The zero-order chi connectivity index (χ0) is 13.2. The van der Waals surface area contributed by atoms with Gasteiger partial charge < -0.3 is 5.32 Å². The van der Waals surface area contributed by atoms with Gasteiger partial charge >= 0.3 is 0 Å². The lowest BCUT2D eigenvalue weighted by Crippen LogP contribution is -2.36. The maximum absolute atomic E-state index is 3.42. The van der Waals surface area contributed by atoms with Gasteiger partial charge in [-0.05, 0) is 25.6 Å². The standard InChI is InChI=1S/C16H24N2/c1-4-7-13-17-14-16(18(5-2)6-3)15-11-9-8-10-12-15/h8-12,16-17H,5-6,13-14H2,1-3H3. The van der Waals surface area contributed by atoms with Crippen LogP contribution in [-0.4, -0.2) is 31.1 Å². The number of hydrogen-bond donors (Lipinski definition) is 1. The molecule has 0 aliphatic heterocycles. The van der Waals surface area contributed by atoms with Gasteiger partial charge in [-0.2, -0.15) is 0 Å². The summed E-state index contributed by atoms with van der Waals surface area (Å²) in [6, 6.07) is 11.1. The lowest BCUT2D eigenvalue weighted by atomic mass is 10.1. The summed E-state index contributed by atoms with van der Waals surface area (Å²) in [4.78, 5) is 2.47. The monoisotopic (exact) mass is 244 g/mol. The molecule has 1 rings (SSSR count). The summed E-state index contributed by atoms with van der Waals surface area (Å²) in [7, 11) is 0. The Labute approximate surface area is 111 Å². The van der Waals surface area contributed by atoms with Crippen LogP contribution in [0.1, 0.15) is 32.4 Å². The average Bonchev–Trinajstić information content (AvgIpc) is 2.43. The Morgan fingerprint density at radius 2 is 1.83 bits per heavy atom. The van der Waals surface area contributed by atoms with Crippen molar-refractivity contribution in [1.29, 1.82) is 0 Å². The van der Waals surface area contributed by atoms with Crippen molar-refractivity contribution >= 4 is 0 Å². The lowest BCUT2D eigenvalue weighted by molar-refractivity contribution is 0.215. The molecule has 0 aromatic heterocycles. The normalized spacial score (nSPS) is 12.0. The van der Waals surface area contributed by atoms with Gasteiger partial charge in [0.2, 0.25) is 0 Å². The van der Waals surface area contributed by atoms with Gasteiger partial charge in [-0.15, -0.1) is 5.92 Å². The molecule has 1 unspecified atom stereocenters. The van der Waals surface area contributed by atoms with Gasteiger partial charge in [0.1, 0.15) is 0 Å². The maximum atomic E-state index is 3.42. The van der Waals surface area contributed by atoms with E-state index in [1.807, 2.05) is 6.92 Å². The molecule has 2 nitrogen and oxygen atoms in total. The molecule has 0 radical (unpaired) electrons. The van der Waals surface area contributed by atoms with Crippen LogP contribution >= 0.6 is 0 Å². The van der Waals surface area contributed by atoms with E-state index in [0.29, 0.717) is 6.04 Å². The highest BCUT2D eigenvalue weighted by molar-refractivity contribution is 5.19. The van der Waals surface area contributed by atoms with Crippen LogP contribution < -0.4 is 5.32 Å². The summed E-state index contributed by atoms with van der Waals surface area (Å²) in [5.41, 5.74) is 1.37. The van der Waals surface area contributed by atoms with Crippen LogP contribution in [0.2, 0.25) is 0 Å². The zero-order valence-corrected chi connectivity index (χ0v) is 11.7. The third-order valence-corrected chi connectivity index (χ3v) is 3.17. The number of nitrogens with one attached hydrogen (secondary N) is 1. The van der Waals surface area contributed by atoms with Crippen molar-refractivity contribution < 1.29 is 0 Å². The number of hydrogen-bond acceptors (Lipinski definition) is 2. The Bertz CT molecular complexity index is 371. The summed E-state index contributed by atoms with van der Waals surface area (Å²) in [5.74, 6) is 5.96. The molecular formula is C16H24N2. The molecular weight excluding hydrogens is 220 g/mol. The zero-order valence-electron chi connectivity index (χ0n) is 11.7. The van der Waals surface area contributed by atoms with Gasteiger partial charge in [0.25, 0.3) is 0 Å². The second-order valence-electron chi connectivity index (χ2n) is 4.21. The van der Waals surface area contributed by atoms with Crippen LogP contribution in [0, 0.1) is 11.8 Å². The van der Waals surface area contributed by atoms with Crippen LogP contribution in [-0.2, 0) is 0 Å². The molecule has 1 aromatic rings. The fourth-order valence-corrected chi connectivity index (χ4v) is 2.16. The summed E-state index contributed by atoms with van der Waals surface area (Å²) in [6.45, 7) is 10.1. The molecule has 0 saturated carbocycles. The molecule has 1 aromatic carbocycles. The first-order valence-electron chi connectivity index (χ1n) is 6.72. The van der Waals surface area contributed by atoms with E-state index in [9.17, 15) is 0 Å². The SMILES string of the molecule is CC#CCNCC(c1ccccc1)N(CC)CC. The van der Waals surface area contributed by atoms with Crippen molar-refractivity contribution in [1.82, 2.24) is 10.2 Å². The summed E-state index contributed by atoms with van der Waals surface area (Å²) in [5, 5.41) is 3.42. The molecule has 18 heavy (non-hydrogen) atoms. The van der Waals surface area contributed by atoms with Gasteiger partial charge in [-0.3, -0.25) is 4.90 Å². The highest BCUT2D eigenvalue weighted by Gasteiger charge is 2.16. The quantitative estimate of drug-likeness (QED) is 0.586. The number of rotatable bonds is 7. The summed E-state index contributed by atoms with van der Waals surface area (Å²) < 4.78 is 0. The molecule has 1 atom stereocenters. The highest BCUT2D eigenvalue weighted by Crippen LogP contribution is 2.19. The lowest BCUT2D eigenvalue weighted by Gasteiger charge is -2.30. The van der Waals surface area contributed by atoms with Crippen molar-refractivity contribution in [3.8, 4) is 11.8 Å². The first-order chi connectivity index (χ1) is 8.83. The van der Waals surface area contributed by atoms with E-state index in [2.05, 4.69) is 66.2 Å². The smallest absolute Gasteiger partial charge is 0.0577 e. The molecule has 0 spiro atoms. The first kappa shape index (κ1) is 14.8. The molecule has 0 aliphatic rings. The van der Waals surface area contributed by atoms with Gasteiger partial charge in [-0.1, -0.05) is 50.1 Å². The Balaban J connectivity index is 2.71. The minimum Gasteiger partial charge on any atom is -0.304 e. The van der Waals surface area contributed by atoms with Crippen LogP contribution in [0.3, 0.4) is 0 Å². The first-order valence-corrected chi connectivity index (χ1v) is 6.72. The minimum atomic E-state index is 0.430. The molecule has 98 valence electrons. The predicted octanol–water partition coefficient (Wildman–Crippen LogP) is 2.68. The van der Waals surface area contributed by atoms with E-state index < -0.39 is 0 Å². The molecule has 1 N–H and O–H groups in total. The van der Waals surface area contributed by atoms with Gasteiger partial charge in [0.05, 0.1) is 6.54 Å². The third kappa shape index (κ3) is 4.52. The van der Waals surface area contributed by atoms with Gasteiger partial charge in [0, 0.05) is 12.6 Å². The molecule has 0 fully saturated rings. The fraction of sp³-hybridized carbons (Fsp3) is 0.500.